The molecule has 1 amide bonds. The largest absolute Gasteiger partial charge is 0.376 e. The fourth-order valence-electron chi connectivity index (χ4n) is 3.18. The molecular weight excluding hydrogens is 400 g/mol. The Labute approximate surface area is 169 Å². The van der Waals surface area contributed by atoms with Crippen molar-refractivity contribution < 1.29 is 22.0 Å². The minimum Gasteiger partial charge on any atom is -0.376 e. The maximum atomic E-state index is 13.6. The van der Waals surface area contributed by atoms with Crippen molar-refractivity contribution >= 4 is 27.3 Å². The van der Waals surface area contributed by atoms with Gasteiger partial charge in [0, 0.05) is 18.8 Å². The third-order valence-corrected chi connectivity index (χ3v) is 6.61. The maximum Gasteiger partial charge on any atom is 0.243 e. The highest BCUT2D eigenvalue weighted by Crippen LogP contribution is 2.23. The lowest BCUT2D eigenvalue weighted by atomic mass is 10.2. The van der Waals surface area contributed by atoms with Gasteiger partial charge in [-0.1, -0.05) is 25.0 Å². The molecule has 156 valence electrons. The summed E-state index contributed by atoms with van der Waals surface area (Å²) in [5.74, 6) is -2.40. The van der Waals surface area contributed by atoms with Gasteiger partial charge in [0.15, 0.2) is 0 Å². The number of hydrogen-bond acceptors (Lipinski definition) is 4. The Morgan fingerprint density at radius 3 is 2.24 bits per heavy atom. The van der Waals surface area contributed by atoms with Gasteiger partial charge in [0.1, 0.15) is 17.3 Å². The number of nitrogens with one attached hydrogen (secondary N) is 2. The van der Waals surface area contributed by atoms with Gasteiger partial charge in [0.25, 0.3) is 0 Å². The summed E-state index contributed by atoms with van der Waals surface area (Å²) in [6.07, 6.45) is 3.71. The smallest absolute Gasteiger partial charge is 0.243 e. The Kier molecular flexibility index (Phi) is 6.81. The molecule has 0 unspecified atom stereocenters. The summed E-state index contributed by atoms with van der Waals surface area (Å²) in [7, 11) is -3.61. The molecule has 29 heavy (non-hydrogen) atoms. The van der Waals surface area contributed by atoms with Crippen molar-refractivity contribution in [2.45, 2.75) is 30.6 Å². The number of sulfonamides is 1. The van der Waals surface area contributed by atoms with Crippen LogP contribution in [-0.4, -0.2) is 38.3 Å². The van der Waals surface area contributed by atoms with Crippen molar-refractivity contribution in [3.63, 3.8) is 0 Å². The van der Waals surface area contributed by atoms with Crippen LogP contribution in [0.1, 0.15) is 25.7 Å². The quantitative estimate of drug-likeness (QED) is 0.745. The van der Waals surface area contributed by atoms with Crippen molar-refractivity contribution in [3.8, 4) is 0 Å². The van der Waals surface area contributed by atoms with Crippen LogP contribution in [-0.2, 0) is 14.8 Å². The molecule has 1 aliphatic rings. The third-order valence-electron chi connectivity index (χ3n) is 4.72. The van der Waals surface area contributed by atoms with Crippen LogP contribution >= 0.6 is 0 Å². The third kappa shape index (κ3) is 5.30. The van der Waals surface area contributed by atoms with Gasteiger partial charge >= 0.3 is 0 Å². The predicted molar refractivity (Wildman–Crippen MR) is 107 cm³/mol. The van der Waals surface area contributed by atoms with E-state index in [1.165, 1.54) is 22.5 Å². The number of benzene rings is 2. The molecule has 0 aromatic heterocycles. The lowest BCUT2D eigenvalue weighted by molar-refractivity contribution is -0.114. The van der Waals surface area contributed by atoms with E-state index >= 15 is 0 Å². The molecule has 9 heteroatoms. The van der Waals surface area contributed by atoms with Crippen LogP contribution in [0, 0.1) is 11.6 Å². The van der Waals surface area contributed by atoms with Gasteiger partial charge in [-0.2, -0.15) is 4.31 Å². The topological polar surface area (TPSA) is 78.5 Å². The SMILES string of the molecule is O=C(CNc1cccc(S(=O)(=O)N2CCCCCC2)c1)Nc1c(F)cccc1F. The van der Waals surface area contributed by atoms with E-state index in [1.807, 2.05) is 0 Å². The number of para-hydroxylation sites is 1. The van der Waals surface area contributed by atoms with E-state index < -0.39 is 33.3 Å². The first-order chi connectivity index (χ1) is 13.9. The molecule has 0 bridgehead atoms. The van der Waals surface area contributed by atoms with Crippen molar-refractivity contribution in [1.82, 2.24) is 4.31 Å². The van der Waals surface area contributed by atoms with Crippen LogP contribution in [0.4, 0.5) is 20.2 Å². The van der Waals surface area contributed by atoms with Gasteiger partial charge in [0.2, 0.25) is 15.9 Å². The first-order valence-corrected chi connectivity index (χ1v) is 10.9. The highest BCUT2D eigenvalue weighted by Gasteiger charge is 2.25. The fourth-order valence-corrected chi connectivity index (χ4v) is 4.74. The molecule has 0 atom stereocenters. The van der Waals surface area contributed by atoms with E-state index in [2.05, 4.69) is 10.6 Å². The zero-order valence-electron chi connectivity index (χ0n) is 15.8. The summed E-state index contributed by atoms with van der Waals surface area (Å²) in [6, 6.07) is 9.47. The summed E-state index contributed by atoms with van der Waals surface area (Å²) in [5, 5.41) is 4.97. The first kappa shape index (κ1) is 21.2. The monoisotopic (exact) mass is 423 g/mol. The van der Waals surface area contributed by atoms with Gasteiger partial charge in [0.05, 0.1) is 11.4 Å². The fraction of sp³-hybridized carbons (Fsp3) is 0.350. The van der Waals surface area contributed by atoms with Gasteiger partial charge in [-0.25, -0.2) is 17.2 Å². The summed E-state index contributed by atoms with van der Waals surface area (Å²) in [6.45, 7) is 0.716. The van der Waals surface area contributed by atoms with E-state index in [0.717, 1.165) is 37.8 Å². The number of rotatable bonds is 6. The Bertz CT molecular complexity index is 954. The number of carbonyl (C=O) groups is 1. The Hall–Kier alpha value is -2.52. The van der Waals surface area contributed by atoms with Gasteiger partial charge < -0.3 is 10.6 Å². The summed E-state index contributed by atoms with van der Waals surface area (Å²) in [5.41, 5.74) is -0.0955. The Morgan fingerprint density at radius 2 is 1.59 bits per heavy atom. The minimum absolute atomic E-state index is 0.143. The van der Waals surface area contributed by atoms with Crippen LogP contribution < -0.4 is 10.6 Å². The van der Waals surface area contributed by atoms with Gasteiger partial charge in [-0.3, -0.25) is 4.79 Å². The molecule has 2 aromatic rings. The van der Waals surface area contributed by atoms with E-state index in [9.17, 15) is 22.0 Å². The average molecular weight is 423 g/mol. The maximum absolute atomic E-state index is 13.6. The van der Waals surface area contributed by atoms with E-state index in [-0.39, 0.29) is 11.4 Å². The molecule has 2 N–H and O–H groups in total. The molecule has 2 aromatic carbocycles. The van der Waals surface area contributed by atoms with Crippen molar-refractivity contribution in [3.05, 3.63) is 54.1 Å². The number of halogens is 2. The molecular formula is C20H23F2N3O3S. The number of carbonyl (C=O) groups excluding carboxylic acids is 1. The second-order valence-electron chi connectivity index (χ2n) is 6.84. The summed E-state index contributed by atoms with van der Waals surface area (Å²) < 4.78 is 54.5. The standard InChI is InChI=1S/C20H23F2N3O3S/c21-17-9-6-10-18(22)20(17)24-19(26)14-23-15-7-5-8-16(13-15)29(27,28)25-11-3-1-2-4-12-25/h5-10,13,23H,1-4,11-12,14H2,(H,24,26). The number of anilines is 2. The zero-order valence-corrected chi connectivity index (χ0v) is 16.6. The normalized spacial score (nSPS) is 15.5. The van der Waals surface area contributed by atoms with Crippen molar-refractivity contribution in [2.75, 3.05) is 30.3 Å². The number of nitrogens with zero attached hydrogens (tertiary/aromatic N) is 1. The van der Waals surface area contributed by atoms with Gasteiger partial charge in [-0.15, -0.1) is 0 Å². The zero-order chi connectivity index (χ0) is 20.9. The van der Waals surface area contributed by atoms with Crippen LogP contribution in [0.3, 0.4) is 0 Å². The molecule has 1 heterocycles. The molecule has 1 fully saturated rings. The lowest BCUT2D eigenvalue weighted by Crippen LogP contribution is -2.32. The van der Waals surface area contributed by atoms with Gasteiger partial charge in [-0.05, 0) is 43.2 Å². The van der Waals surface area contributed by atoms with E-state index in [1.54, 1.807) is 12.1 Å². The lowest BCUT2D eigenvalue weighted by Gasteiger charge is -2.20. The highest BCUT2D eigenvalue weighted by atomic mass is 32.2. The average Bonchev–Trinajstić information content (AvgIpc) is 3.00. The second-order valence-corrected chi connectivity index (χ2v) is 8.78. The number of amides is 1. The summed E-state index contributed by atoms with van der Waals surface area (Å²) in [4.78, 5) is 12.2. The van der Waals surface area contributed by atoms with Crippen LogP contribution in [0.25, 0.3) is 0 Å². The summed E-state index contributed by atoms with van der Waals surface area (Å²) >= 11 is 0. The van der Waals surface area contributed by atoms with Crippen molar-refractivity contribution in [2.24, 2.45) is 0 Å². The molecule has 1 saturated heterocycles. The Balaban J connectivity index is 1.66. The first-order valence-electron chi connectivity index (χ1n) is 9.46. The molecule has 6 nitrogen and oxygen atoms in total. The van der Waals surface area contributed by atoms with E-state index in [0.29, 0.717) is 18.8 Å². The highest BCUT2D eigenvalue weighted by molar-refractivity contribution is 7.89. The predicted octanol–water partition coefficient (Wildman–Crippen LogP) is 3.58. The van der Waals surface area contributed by atoms with Crippen molar-refractivity contribution in [1.29, 1.82) is 0 Å². The second kappa shape index (κ2) is 9.32. The molecule has 0 radical (unpaired) electrons. The van der Waals surface area contributed by atoms with Crippen LogP contribution in [0.2, 0.25) is 0 Å². The Morgan fingerprint density at radius 1 is 0.966 bits per heavy atom. The minimum atomic E-state index is -3.61. The molecule has 3 rings (SSSR count). The van der Waals surface area contributed by atoms with Crippen LogP contribution in [0.5, 0.6) is 0 Å². The van der Waals surface area contributed by atoms with Crippen LogP contribution in [0.15, 0.2) is 47.4 Å². The molecule has 1 aliphatic heterocycles. The molecule has 0 spiro atoms. The molecule has 0 saturated carbocycles. The number of hydrogen-bond donors (Lipinski definition) is 2. The van der Waals surface area contributed by atoms with E-state index in [4.69, 9.17) is 0 Å². The molecule has 0 aliphatic carbocycles.